The van der Waals surface area contributed by atoms with Crippen molar-refractivity contribution in [3.63, 3.8) is 0 Å². The summed E-state index contributed by atoms with van der Waals surface area (Å²) in [4.78, 5) is 8.61. The molecule has 1 saturated heterocycles. The number of nitrogens with one attached hydrogen (secondary N) is 3. The third kappa shape index (κ3) is 3.65. The van der Waals surface area contributed by atoms with Gasteiger partial charge in [-0.15, -0.1) is 0 Å². The number of aromatic nitrogens is 3. The fourth-order valence-electron chi connectivity index (χ4n) is 4.20. The monoisotopic (exact) mass is 376 g/mol. The van der Waals surface area contributed by atoms with Crippen molar-refractivity contribution >= 4 is 16.9 Å². The Balaban J connectivity index is 1.42. The maximum absolute atomic E-state index is 10.6. The standard InChI is InChI=1S/C18H28N6O3/c1-19-17-13-2-4-24(18(13)23-10-22-17)14-6-11(15(25)16(14)26)7-21-9-12-8-20-3-5-27-12/h2,4,10-12,14-16,20-21,25-26H,3,5-9H2,1H3,(H,19,22,23)/t11-,12?,14?,15+,16-/m0/s1. The summed E-state index contributed by atoms with van der Waals surface area (Å²) < 4.78 is 7.64. The molecule has 2 aliphatic rings. The first-order chi connectivity index (χ1) is 13.2. The predicted octanol–water partition coefficient (Wildman–Crippen LogP) is -0.666. The lowest BCUT2D eigenvalue weighted by atomic mass is 10.1. The summed E-state index contributed by atoms with van der Waals surface area (Å²) in [6, 6.07) is 1.73. The van der Waals surface area contributed by atoms with Crippen LogP contribution in [0.3, 0.4) is 0 Å². The van der Waals surface area contributed by atoms with Gasteiger partial charge in [-0.25, -0.2) is 9.97 Å². The van der Waals surface area contributed by atoms with E-state index in [0.29, 0.717) is 13.0 Å². The van der Waals surface area contributed by atoms with Gasteiger partial charge in [0.25, 0.3) is 0 Å². The van der Waals surface area contributed by atoms with E-state index < -0.39 is 12.2 Å². The number of hydrogen-bond acceptors (Lipinski definition) is 8. The first-order valence-electron chi connectivity index (χ1n) is 9.57. The zero-order chi connectivity index (χ0) is 18.8. The quantitative estimate of drug-likeness (QED) is 0.451. The first-order valence-corrected chi connectivity index (χ1v) is 9.57. The molecule has 9 nitrogen and oxygen atoms in total. The van der Waals surface area contributed by atoms with Crippen molar-refractivity contribution in [3.05, 3.63) is 18.6 Å². The van der Waals surface area contributed by atoms with Crippen molar-refractivity contribution in [2.45, 2.75) is 30.8 Å². The highest BCUT2D eigenvalue weighted by atomic mass is 16.5. The molecule has 0 radical (unpaired) electrons. The van der Waals surface area contributed by atoms with E-state index >= 15 is 0 Å². The van der Waals surface area contributed by atoms with Crippen molar-refractivity contribution < 1.29 is 14.9 Å². The van der Waals surface area contributed by atoms with Gasteiger partial charge in [-0.3, -0.25) is 0 Å². The highest BCUT2D eigenvalue weighted by Crippen LogP contribution is 2.37. The van der Waals surface area contributed by atoms with E-state index in [2.05, 4.69) is 25.9 Å². The molecule has 1 saturated carbocycles. The zero-order valence-corrected chi connectivity index (χ0v) is 15.5. The Morgan fingerprint density at radius 3 is 2.96 bits per heavy atom. The Labute approximate surface area is 158 Å². The molecule has 9 heteroatoms. The number of morpholine rings is 1. The number of rotatable bonds is 6. The van der Waals surface area contributed by atoms with E-state index in [0.717, 1.165) is 43.1 Å². The molecule has 2 fully saturated rings. The minimum absolute atomic E-state index is 0.0235. The second-order valence-electron chi connectivity index (χ2n) is 7.33. The fourth-order valence-corrected chi connectivity index (χ4v) is 4.20. The normalized spacial score (nSPS) is 31.4. The number of aliphatic hydroxyl groups is 2. The van der Waals surface area contributed by atoms with Gasteiger partial charge in [0.05, 0.1) is 30.2 Å². The van der Waals surface area contributed by atoms with Crippen molar-refractivity contribution in [1.82, 2.24) is 25.2 Å². The van der Waals surface area contributed by atoms with E-state index in [1.165, 1.54) is 6.33 Å². The Morgan fingerprint density at radius 2 is 2.19 bits per heavy atom. The molecule has 2 unspecified atom stereocenters. The molecule has 2 aromatic heterocycles. The summed E-state index contributed by atoms with van der Waals surface area (Å²) in [6.07, 6.45) is 2.67. The SMILES string of the molecule is CNc1ncnc2c1ccn2C1C[C@@H](CNCC2CNCCO2)[C@@H](O)[C@H]1O. The maximum atomic E-state index is 10.6. The summed E-state index contributed by atoms with van der Waals surface area (Å²) in [5, 5.41) is 31.8. The Hall–Kier alpha value is -1.78. The van der Waals surface area contributed by atoms with Crippen LogP contribution >= 0.6 is 0 Å². The van der Waals surface area contributed by atoms with E-state index in [1.54, 1.807) is 0 Å². The van der Waals surface area contributed by atoms with Crippen LogP contribution in [-0.2, 0) is 4.74 Å². The van der Waals surface area contributed by atoms with E-state index in [4.69, 9.17) is 4.74 Å². The number of aliphatic hydroxyl groups excluding tert-OH is 2. The van der Waals surface area contributed by atoms with Crippen LogP contribution in [-0.4, -0.2) is 82.9 Å². The van der Waals surface area contributed by atoms with Gasteiger partial charge < -0.3 is 35.5 Å². The number of fused-ring (bicyclic) bond motifs is 1. The van der Waals surface area contributed by atoms with Crippen LogP contribution in [0.5, 0.6) is 0 Å². The molecule has 27 heavy (non-hydrogen) atoms. The maximum Gasteiger partial charge on any atom is 0.145 e. The lowest BCUT2D eigenvalue weighted by Crippen LogP contribution is -2.45. The van der Waals surface area contributed by atoms with E-state index in [1.807, 2.05) is 23.9 Å². The zero-order valence-electron chi connectivity index (χ0n) is 15.5. The van der Waals surface area contributed by atoms with Crippen molar-refractivity contribution in [2.75, 3.05) is 45.2 Å². The Bertz CT molecular complexity index is 763. The predicted molar refractivity (Wildman–Crippen MR) is 102 cm³/mol. The Kier molecular flexibility index (Phi) is 5.55. The van der Waals surface area contributed by atoms with Gasteiger partial charge in [0.15, 0.2) is 0 Å². The molecule has 5 atom stereocenters. The molecule has 4 rings (SSSR count). The number of nitrogens with zero attached hydrogens (tertiary/aromatic N) is 3. The molecular weight excluding hydrogens is 348 g/mol. The molecule has 1 aliphatic heterocycles. The van der Waals surface area contributed by atoms with Crippen molar-refractivity contribution in [1.29, 1.82) is 0 Å². The van der Waals surface area contributed by atoms with Crippen LogP contribution < -0.4 is 16.0 Å². The van der Waals surface area contributed by atoms with Gasteiger partial charge in [0.1, 0.15) is 23.9 Å². The van der Waals surface area contributed by atoms with Crippen LogP contribution in [0.15, 0.2) is 18.6 Å². The summed E-state index contributed by atoms with van der Waals surface area (Å²) >= 11 is 0. The lowest BCUT2D eigenvalue weighted by molar-refractivity contribution is 0.00418. The average Bonchev–Trinajstić information content (AvgIpc) is 3.25. The summed E-state index contributed by atoms with van der Waals surface area (Å²) in [6.45, 7) is 3.85. The van der Waals surface area contributed by atoms with Gasteiger partial charge in [-0.05, 0) is 12.5 Å². The molecule has 0 aromatic carbocycles. The van der Waals surface area contributed by atoms with Gasteiger partial charge in [0, 0.05) is 45.3 Å². The average molecular weight is 376 g/mol. The topological polar surface area (TPSA) is 116 Å². The third-order valence-electron chi connectivity index (χ3n) is 5.66. The molecule has 2 aromatic rings. The second-order valence-corrected chi connectivity index (χ2v) is 7.33. The molecule has 148 valence electrons. The minimum Gasteiger partial charge on any atom is -0.390 e. The minimum atomic E-state index is -0.826. The van der Waals surface area contributed by atoms with Crippen LogP contribution in [0.2, 0.25) is 0 Å². The third-order valence-corrected chi connectivity index (χ3v) is 5.66. The van der Waals surface area contributed by atoms with Gasteiger partial charge >= 0.3 is 0 Å². The van der Waals surface area contributed by atoms with E-state index in [-0.39, 0.29) is 18.1 Å². The summed E-state index contributed by atoms with van der Waals surface area (Å²) in [5.41, 5.74) is 0.765. The van der Waals surface area contributed by atoms with Gasteiger partial charge in [-0.1, -0.05) is 0 Å². The van der Waals surface area contributed by atoms with Crippen molar-refractivity contribution in [2.24, 2.45) is 5.92 Å². The van der Waals surface area contributed by atoms with Crippen LogP contribution in [0.1, 0.15) is 12.5 Å². The molecule has 3 heterocycles. The summed E-state index contributed by atoms with van der Waals surface area (Å²) in [7, 11) is 1.82. The first kappa shape index (κ1) is 18.6. The summed E-state index contributed by atoms with van der Waals surface area (Å²) in [5.74, 6) is 0.732. The smallest absolute Gasteiger partial charge is 0.145 e. The largest absolute Gasteiger partial charge is 0.390 e. The molecule has 1 aliphatic carbocycles. The molecule has 0 bridgehead atoms. The number of anilines is 1. The number of ether oxygens (including phenoxy) is 1. The molecule has 0 spiro atoms. The van der Waals surface area contributed by atoms with E-state index in [9.17, 15) is 10.2 Å². The highest BCUT2D eigenvalue weighted by Gasteiger charge is 2.42. The van der Waals surface area contributed by atoms with Crippen molar-refractivity contribution in [3.8, 4) is 0 Å². The Morgan fingerprint density at radius 1 is 1.30 bits per heavy atom. The molecule has 0 amide bonds. The fraction of sp³-hybridized carbons (Fsp3) is 0.667. The second kappa shape index (κ2) is 8.07. The lowest BCUT2D eigenvalue weighted by Gasteiger charge is -2.25. The number of hydrogen-bond donors (Lipinski definition) is 5. The van der Waals surface area contributed by atoms with Crippen LogP contribution in [0.4, 0.5) is 5.82 Å². The van der Waals surface area contributed by atoms with Crippen LogP contribution in [0, 0.1) is 5.92 Å². The van der Waals surface area contributed by atoms with Gasteiger partial charge in [-0.2, -0.15) is 0 Å². The van der Waals surface area contributed by atoms with Crippen LogP contribution in [0.25, 0.3) is 11.0 Å². The molecule has 5 N–H and O–H groups in total. The molecular formula is C18H28N6O3. The highest BCUT2D eigenvalue weighted by molar-refractivity contribution is 5.87. The van der Waals surface area contributed by atoms with Gasteiger partial charge in [0.2, 0.25) is 0 Å².